The quantitative estimate of drug-likeness (QED) is 0.496. The van der Waals surface area contributed by atoms with Crippen molar-refractivity contribution in [3.63, 3.8) is 0 Å². The van der Waals surface area contributed by atoms with Crippen LogP contribution in [0.2, 0.25) is 0 Å². The molecule has 2 amide bonds. The molecule has 0 spiro atoms. The summed E-state index contributed by atoms with van der Waals surface area (Å²) in [6.07, 6.45) is 1.07. The first-order valence-electron chi connectivity index (χ1n) is 11.6. The zero-order valence-electron chi connectivity index (χ0n) is 19.2. The van der Waals surface area contributed by atoms with Gasteiger partial charge in [-0.1, -0.05) is 48.5 Å². The molecule has 0 heterocycles. The molecule has 2 aromatic carbocycles. The second kappa shape index (κ2) is 9.85. The van der Waals surface area contributed by atoms with E-state index in [9.17, 15) is 19.5 Å². The van der Waals surface area contributed by atoms with Crippen LogP contribution in [0.25, 0.3) is 11.1 Å². The number of nitrogens with one attached hydrogen (secondary N) is 1. The molecule has 34 heavy (non-hydrogen) atoms. The van der Waals surface area contributed by atoms with E-state index >= 15 is 0 Å². The maximum absolute atomic E-state index is 12.8. The SMILES string of the molecule is CC(CC(=O)N(CCO)CC(=O)O)(NC(=O)OCC1c2ccccc2-c2ccccc21)C1CC1. The lowest BCUT2D eigenvalue weighted by Gasteiger charge is -2.32. The van der Waals surface area contributed by atoms with Gasteiger partial charge in [-0.05, 0) is 47.9 Å². The fourth-order valence-corrected chi connectivity index (χ4v) is 4.88. The Morgan fingerprint density at radius 2 is 1.65 bits per heavy atom. The van der Waals surface area contributed by atoms with Crippen molar-refractivity contribution in [2.75, 3.05) is 26.3 Å². The largest absolute Gasteiger partial charge is 0.480 e. The number of aliphatic hydroxyl groups is 1. The number of aliphatic hydroxyl groups excluding tert-OH is 1. The van der Waals surface area contributed by atoms with E-state index in [1.807, 2.05) is 36.4 Å². The van der Waals surface area contributed by atoms with Gasteiger partial charge in [0.25, 0.3) is 0 Å². The minimum atomic E-state index is -1.15. The van der Waals surface area contributed by atoms with E-state index in [0.29, 0.717) is 0 Å². The third-order valence-electron chi connectivity index (χ3n) is 6.78. The molecule has 8 heteroatoms. The van der Waals surface area contributed by atoms with Crippen LogP contribution in [-0.2, 0) is 14.3 Å². The maximum atomic E-state index is 12.8. The lowest BCUT2D eigenvalue weighted by atomic mass is 9.91. The summed E-state index contributed by atoms with van der Waals surface area (Å²) in [5.41, 5.74) is 3.66. The number of carbonyl (C=O) groups excluding carboxylic acids is 2. The predicted octanol–water partition coefficient (Wildman–Crippen LogP) is 2.99. The fourth-order valence-electron chi connectivity index (χ4n) is 4.88. The van der Waals surface area contributed by atoms with Gasteiger partial charge in [-0.25, -0.2) is 4.79 Å². The first-order valence-corrected chi connectivity index (χ1v) is 11.6. The molecule has 0 radical (unpaired) electrons. The van der Waals surface area contributed by atoms with Crippen molar-refractivity contribution < 1.29 is 29.3 Å². The van der Waals surface area contributed by atoms with Gasteiger partial charge in [0.1, 0.15) is 13.2 Å². The molecule has 2 aliphatic rings. The molecule has 0 bridgehead atoms. The number of amides is 2. The van der Waals surface area contributed by atoms with E-state index in [4.69, 9.17) is 9.84 Å². The Morgan fingerprint density at radius 3 is 2.18 bits per heavy atom. The maximum Gasteiger partial charge on any atom is 0.407 e. The molecule has 4 rings (SSSR count). The molecule has 0 aromatic heterocycles. The summed E-state index contributed by atoms with van der Waals surface area (Å²) in [6.45, 7) is 1.06. The van der Waals surface area contributed by atoms with E-state index in [1.165, 1.54) is 0 Å². The lowest BCUT2D eigenvalue weighted by molar-refractivity contribution is -0.145. The molecule has 2 aliphatic carbocycles. The third kappa shape index (κ3) is 5.07. The van der Waals surface area contributed by atoms with E-state index in [-0.39, 0.29) is 38.0 Å². The van der Waals surface area contributed by atoms with Crippen LogP contribution in [0.5, 0.6) is 0 Å². The van der Waals surface area contributed by atoms with Gasteiger partial charge >= 0.3 is 12.1 Å². The number of carbonyl (C=O) groups is 3. The number of ether oxygens (including phenoxy) is 1. The summed E-state index contributed by atoms with van der Waals surface area (Å²) in [5.74, 6) is -1.54. The Hall–Kier alpha value is -3.39. The highest BCUT2D eigenvalue weighted by atomic mass is 16.5. The first kappa shape index (κ1) is 23.8. The number of carboxylic acid groups (broad SMARTS) is 1. The van der Waals surface area contributed by atoms with Crippen molar-refractivity contribution in [3.8, 4) is 11.1 Å². The molecule has 0 saturated heterocycles. The number of hydrogen-bond acceptors (Lipinski definition) is 5. The minimum Gasteiger partial charge on any atom is -0.480 e. The van der Waals surface area contributed by atoms with Crippen LogP contribution < -0.4 is 5.32 Å². The lowest BCUT2D eigenvalue weighted by Crippen LogP contribution is -2.52. The number of fused-ring (bicyclic) bond motifs is 3. The van der Waals surface area contributed by atoms with Gasteiger partial charge in [-0.3, -0.25) is 9.59 Å². The van der Waals surface area contributed by atoms with E-state index in [2.05, 4.69) is 17.4 Å². The van der Waals surface area contributed by atoms with Gasteiger partial charge in [-0.2, -0.15) is 0 Å². The zero-order chi connectivity index (χ0) is 24.3. The highest BCUT2D eigenvalue weighted by molar-refractivity contribution is 5.83. The molecule has 8 nitrogen and oxygen atoms in total. The molecule has 0 aliphatic heterocycles. The van der Waals surface area contributed by atoms with Gasteiger partial charge in [0.2, 0.25) is 5.91 Å². The molecule has 1 saturated carbocycles. The smallest absolute Gasteiger partial charge is 0.407 e. The summed E-state index contributed by atoms with van der Waals surface area (Å²) in [4.78, 5) is 37.8. The Labute approximate surface area is 198 Å². The molecule has 180 valence electrons. The van der Waals surface area contributed by atoms with Gasteiger partial charge in [0.05, 0.1) is 18.6 Å². The Balaban J connectivity index is 1.42. The number of nitrogens with zero attached hydrogens (tertiary/aromatic N) is 1. The number of benzene rings is 2. The van der Waals surface area contributed by atoms with Crippen molar-refractivity contribution in [3.05, 3.63) is 59.7 Å². The summed E-state index contributed by atoms with van der Waals surface area (Å²) >= 11 is 0. The monoisotopic (exact) mass is 466 g/mol. The second-order valence-electron chi connectivity index (χ2n) is 9.25. The van der Waals surface area contributed by atoms with Crippen LogP contribution in [0.15, 0.2) is 48.5 Å². The minimum absolute atomic E-state index is 0.0604. The summed E-state index contributed by atoms with van der Waals surface area (Å²) in [7, 11) is 0. The first-order chi connectivity index (χ1) is 16.3. The highest BCUT2D eigenvalue weighted by Gasteiger charge is 2.45. The van der Waals surface area contributed by atoms with Crippen LogP contribution >= 0.6 is 0 Å². The summed E-state index contributed by atoms with van der Waals surface area (Å²) in [5, 5.41) is 21.2. The number of aliphatic carboxylic acids is 1. The third-order valence-corrected chi connectivity index (χ3v) is 6.78. The van der Waals surface area contributed by atoms with Crippen molar-refractivity contribution in [1.82, 2.24) is 10.2 Å². The van der Waals surface area contributed by atoms with Crippen molar-refractivity contribution in [2.24, 2.45) is 5.92 Å². The topological polar surface area (TPSA) is 116 Å². The van der Waals surface area contributed by atoms with E-state index < -0.39 is 30.1 Å². The highest BCUT2D eigenvalue weighted by Crippen LogP contribution is 2.45. The number of alkyl carbamates (subject to hydrolysis) is 1. The van der Waals surface area contributed by atoms with Crippen molar-refractivity contribution >= 4 is 18.0 Å². The standard InChI is InChI=1S/C26H30N2O6/c1-26(17-10-11-17,14-23(30)28(12-13-29)15-24(31)32)27-25(33)34-16-22-20-8-4-2-6-18(20)19-7-3-5-9-21(19)22/h2-9,17,22,29H,10-16H2,1H3,(H,27,33)(H,31,32). The Bertz CT molecular complexity index is 1040. The van der Waals surface area contributed by atoms with Crippen LogP contribution in [0.3, 0.4) is 0 Å². The van der Waals surface area contributed by atoms with Crippen molar-refractivity contribution in [2.45, 2.75) is 37.6 Å². The Morgan fingerprint density at radius 1 is 1.06 bits per heavy atom. The zero-order valence-corrected chi connectivity index (χ0v) is 19.2. The molecular formula is C26H30N2O6. The van der Waals surface area contributed by atoms with E-state index in [1.54, 1.807) is 6.92 Å². The van der Waals surface area contributed by atoms with Gasteiger partial charge in [0, 0.05) is 12.5 Å². The van der Waals surface area contributed by atoms with Gasteiger partial charge < -0.3 is 25.2 Å². The number of carboxylic acids is 1. The van der Waals surface area contributed by atoms with Gasteiger partial charge in [-0.15, -0.1) is 0 Å². The van der Waals surface area contributed by atoms with Crippen LogP contribution in [0.4, 0.5) is 4.79 Å². The average molecular weight is 467 g/mol. The number of hydrogen-bond donors (Lipinski definition) is 3. The molecule has 1 unspecified atom stereocenters. The Kier molecular flexibility index (Phi) is 6.88. The van der Waals surface area contributed by atoms with Crippen LogP contribution in [0.1, 0.15) is 43.2 Å². The molecule has 2 aromatic rings. The molecule has 1 fully saturated rings. The fraction of sp³-hybridized carbons (Fsp3) is 0.423. The number of rotatable bonds is 10. The van der Waals surface area contributed by atoms with Crippen LogP contribution in [0, 0.1) is 5.92 Å². The van der Waals surface area contributed by atoms with Crippen LogP contribution in [-0.4, -0.2) is 64.9 Å². The molecule has 1 atom stereocenters. The average Bonchev–Trinajstić information content (AvgIpc) is 3.61. The summed E-state index contributed by atoms with van der Waals surface area (Å²) < 4.78 is 5.66. The molecular weight excluding hydrogens is 436 g/mol. The summed E-state index contributed by atoms with van der Waals surface area (Å²) in [6, 6.07) is 16.2. The van der Waals surface area contributed by atoms with E-state index in [0.717, 1.165) is 40.0 Å². The predicted molar refractivity (Wildman–Crippen MR) is 125 cm³/mol. The molecule has 3 N–H and O–H groups in total. The van der Waals surface area contributed by atoms with Gasteiger partial charge in [0.15, 0.2) is 0 Å². The second-order valence-corrected chi connectivity index (χ2v) is 9.25. The normalized spacial score (nSPS) is 16.2. The van der Waals surface area contributed by atoms with Crippen molar-refractivity contribution in [1.29, 1.82) is 0 Å².